The number of hydrogen-bond acceptors (Lipinski definition) is 4. The van der Waals surface area contributed by atoms with E-state index in [1.54, 1.807) is 18.3 Å². The van der Waals surface area contributed by atoms with Gasteiger partial charge in [0, 0.05) is 20.9 Å². The van der Waals surface area contributed by atoms with Crippen molar-refractivity contribution in [3.05, 3.63) is 22.4 Å². The molecular formula is C10H14O3S2. The van der Waals surface area contributed by atoms with Crippen molar-refractivity contribution in [2.24, 2.45) is 0 Å². The van der Waals surface area contributed by atoms with Gasteiger partial charge in [-0.2, -0.15) is 0 Å². The second kappa shape index (κ2) is 6.02. The fourth-order valence-electron chi connectivity index (χ4n) is 1.09. The van der Waals surface area contributed by atoms with Crippen molar-refractivity contribution < 1.29 is 13.7 Å². The number of rotatable bonds is 5. The summed E-state index contributed by atoms with van der Waals surface area (Å²) in [5.74, 6) is 0.220. The van der Waals surface area contributed by atoms with Crippen LogP contribution in [0, 0.1) is 0 Å². The van der Waals surface area contributed by atoms with Crippen LogP contribution in [-0.4, -0.2) is 22.5 Å². The summed E-state index contributed by atoms with van der Waals surface area (Å²) in [5, 5.41) is 1.80. The Bertz CT molecular complexity index is 332. The van der Waals surface area contributed by atoms with Gasteiger partial charge in [-0.05, 0) is 11.4 Å². The number of hydrogen-bond donors (Lipinski definition) is 0. The van der Waals surface area contributed by atoms with Crippen LogP contribution >= 0.6 is 11.3 Å². The summed E-state index contributed by atoms with van der Waals surface area (Å²) in [6.45, 7) is 1.81. The second-order valence-corrected chi connectivity index (χ2v) is 6.08. The van der Waals surface area contributed by atoms with E-state index in [1.807, 2.05) is 17.5 Å². The van der Waals surface area contributed by atoms with E-state index in [4.69, 9.17) is 0 Å². The predicted octanol–water partition coefficient (Wildman–Crippen LogP) is 1.95. The summed E-state index contributed by atoms with van der Waals surface area (Å²) in [5.41, 5.74) is 0. The average Bonchev–Trinajstić information content (AvgIpc) is 2.70. The lowest BCUT2D eigenvalue weighted by molar-refractivity contribution is -0.140. The van der Waals surface area contributed by atoms with Crippen LogP contribution in [0.25, 0.3) is 0 Å². The van der Waals surface area contributed by atoms with Gasteiger partial charge in [0.15, 0.2) is 0 Å². The molecule has 2 unspecified atom stereocenters. The van der Waals surface area contributed by atoms with Crippen molar-refractivity contribution in [3.8, 4) is 0 Å². The molecule has 1 aromatic heterocycles. The molecule has 15 heavy (non-hydrogen) atoms. The summed E-state index contributed by atoms with van der Waals surface area (Å²) >= 11 is 1.58. The Morgan fingerprint density at radius 1 is 1.67 bits per heavy atom. The molecule has 1 rings (SSSR count). The lowest BCUT2D eigenvalue weighted by atomic mass is 10.3. The topological polar surface area (TPSA) is 43.4 Å². The Hall–Kier alpha value is -0.680. The zero-order valence-electron chi connectivity index (χ0n) is 8.76. The molecule has 0 saturated heterocycles. The standard InChI is InChI=1S/C10H14O3S2/c1-8(6-10(11)13-2)15(12)7-9-4-3-5-14-9/h3-5,8H,6-7H2,1-2H3. The van der Waals surface area contributed by atoms with Gasteiger partial charge in [0.05, 0.1) is 19.3 Å². The molecular weight excluding hydrogens is 232 g/mol. The highest BCUT2D eigenvalue weighted by molar-refractivity contribution is 7.85. The van der Waals surface area contributed by atoms with Crippen LogP contribution in [0.1, 0.15) is 18.2 Å². The van der Waals surface area contributed by atoms with Crippen LogP contribution in [0.2, 0.25) is 0 Å². The Balaban J connectivity index is 2.43. The Morgan fingerprint density at radius 2 is 2.40 bits per heavy atom. The van der Waals surface area contributed by atoms with Crippen LogP contribution in [0.15, 0.2) is 17.5 Å². The maximum absolute atomic E-state index is 11.8. The molecule has 0 amide bonds. The monoisotopic (exact) mass is 246 g/mol. The fourth-order valence-corrected chi connectivity index (χ4v) is 3.18. The molecule has 0 aliphatic carbocycles. The molecule has 2 atom stereocenters. The summed E-state index contributed by atoms with van der Waals surface area (Å²) in [6, 6.07) is 3.88. The van der Waals surface area contributed by atoms with E-state index in [0.29, 0.717) is 5.75 Å². The SMILES string of the molecule is COC(=O)CC(C)S(=O)Cc1cccs1. The number of carbonyl (C=O) groups is 1. The molecule has 0 bridgehead atoms. The normalized spacial score (nSPS) is 14.5. The van der Waals surface area contributed by atoms with Gasteiger partial charge in [-0.25, -0.2) is 0 Å². The van der Waals surface area contributed by atoms with Crippen molar-refractivity contribution in [1.82, 2.24) is 0 Å². The van der Waals surface area contributed by atoms with Crippen LogP contribution in [0.4, 0.5) is 0 Å². The first-order chi connectivity index (χ1) is 7.13. The molecule has 1 aromatic rings. The van der Waals surface area contributed by atoms with Gasteiger partial charge < -0.3 is 4.74 Å². The van der Waals surface area contributed by atoms with Crippen molar-refractivity contribution in [2.75, 3.05) is 7.11 Å². The molecule has 0 saturated carbocycles. The van der Waals surface area contributed by atoms with Crippen LogP contribution < -0.4 is 0 Å². The summed E-state index contributed by atoms with van der Waals surface area (Å²) in [6.07, 6.45) is 0.217. The van der Waals surface area contributed by atoms with Crippen LogP contribution in [-0.2, 0) is 26.1 Å². The number of esters is 1. The van der Waals surface area contributed by atoms with E-state index < -0.39 is 10.8 Å². The van der Waals surface area contributed by atoms with E-state index in [0.717, 1.165) is 4.88 Å². The lowest BCUT2D eigenvalue weighted by Gasteiger charge is -2.08. The van der Waals surface area contributed by atoms with Crippen LogP contribution in [0.5, 0.6) is 0 Å². The number of ether oxygens (including phenoxy) is 1. The summed E-state index contributed by atoms with van der Waals surface area (Å²) < 4.78 is 16.3. The van der Waals surface area contributed by atoms with Gasteiger partial charge in [-0.1, -0.05) is 13.0 Å². The van der Waals surface area contributed by atoms with Crippen molar-refractivity contribution in [2.45, 2.75) is 24.3 Å². The second-order valence-electron chi connectivity index (χ2n) is 3.20. The first-order valence-corrected chi connectivity index (χ1v) is 6.86. The minimum absolute atomic E-state index is 0.153. The van der Waals surface area contributed by atoms with E-state index in [-0.39, 0.29) is 17.6 Å². The number of thiophene rings is 1. The minimum Gasteiger partial charge on any atom is -0.469 e. The third-order valence-electron chi connectivity index (χ3n) is 2.00. The van der Waals surface area contributed by atoms with E-state index in [9.17, 15) is 9.00 Å². The minimum atomic E-state index is -1.01. The van der Waals surface area contributed by atoms with Crippen LogP contribution in [0.3, 0.4) is 0 Å². The Labute approximate surface area is 95.9 Å². The Morgan fingerprint density at radius 3 is 2.93 bits per heavy atom. The molecule has 84 valence electrons. The molecule has 0 radical (unpaired) electrons. The van der Waals surface area contributed by atoms with Gasteiger partial charge in [0.2, 0.25) is 0 Å². The van der Waals surface area contributed by atoms with Gasteiger partial charge >= 0.3 is 5.97 Å². The molecule has 0 aliphatic heterocycles. The van der Waals surface area contributed by atoms with Gasteiger partial charge in [-0.15, -0.1) is 11.3 Å². The van der Waals surface area contributed by atoms with Crippen molar-refractivity contribution in [3.63, 3.8) is 0 Å². The molecule has 5 heteroatoms. The number of carbonyl (C=O) groups excluding carboxylic acids is 1. The molecule has 0 fully saturated rings. The molecule has 1 heterocycles. The van der Waals surface area contributed by atoms with Gasteiger partial charge in [0.1, 0.15) is 0 Å². The highest BCUT2D eigenvalue weighted by Gasteiger charge is 2.16. The van der Waals surface area contributed by atoms with E-state index >= 15 is 0 Å². The van der Waals surface area contributed by atoms with Gasteiger partial charge in [0.25, 0.3) is 0 Å². The van der Waals surface area contributed by atoms with Gasteiger partial charge in [-0.3, -0.25) is 9.00 Å². The maximum atomic E-state index is 11.8. The maximum Gasteiger partial charge on any atom is 0.306 e. The lowest BCUT2D eigenvalue weighted by Crippen LogP contribution is -2.17. The molecule has 0 spiro atoms. The third-order valence-corrected chi connectivity index (χ3v) is 4.71. The summed E-state index contributed by atoms with van der Waals surface area (Å²) in [4.78, 5) is 12.1. The van der Waals surface area contributed by atoms with E-state index in [1.165, 1.54) is 7.11 Å². The average molecular weight is 246 g/mol. The summed E-state index contributed by atoms with van der Waals surface area (Å²) in [7, 11) is 0.338. The van der Waals surface area contributed by atoms with E-state index in [2.05, 4.69) is 4.74 Å². The fraction of sp³-hybridized carbons (Fsp3) is 0.500. The van der Waals surface area contributed by atoms with Crippen molar-refractivity contribution in [1.29, 1.82) is 0 Å². The zero-order valence-corrected chi connectivity index (χ0v) is 10.4. The highest BCUT2D eigenvalue weighted by Crippen LogP contribution is 2.14. The molecule has 0 aromatic carbocycles. The first-order valence-electron chi connectivity index (χ1n) is 4.60. The smallest absolute Gasteiger partial charge is 0.306 e. The molecule has 0 aliphatic rings. The predicted molar refractivity (Wildman–Crippen MR) is 62.3 cm³/mol. The quantitative estimate of drug-likeness (QED) is 0.746. The number of methoxy groups -OCH3 is 1. The third kappa shape index (κ3) is 4.13. The first kappa shape index (κ1) is 12.4. The Kier molecular flexibility index (Phi) is 4.98. The van der Waals surface area contributed by atoms with Crippen molar-refractivity contribution >= 4 is 28.1 Å². The largest absolute Gasteiger partial charge is 0.469 e. The zero-order chi connectivity index (χ0) is 11.3. The molecule has 0 N–H and O–H groups in total. The highest BCUT2D eigenvalue weighted by atomic mass is 32.2. The molecule has 3 nitrogen and oxygen atoms in total.